The molecule has 1 aromatic rings. The van der Waals surface area contributed by atoms with Crippen LogP contribution in [-0.2, 0) is 11.2 Å². The van der Waals surface area contributed by atoms with Gasteiger partial charge in [0.25, 0.3) is 5.91 Å². The van der Waals surface area contributed by atoms with E-state index >= 15 is 0 Å². The van der Waals surface area contributed by atoms with Gasteiger partial charge in [-0.15, -0.1) is 10.2 Å². The number of carbonyl (C=O) groups is 1. The molecule has 1 amide bonds. The van der Waals surface area contributed by atoms with Crippen molar-refractivity contribution in [1.82, 2.24) is 10.2 Å². The maximum absolute atomic E-state index is 11.9. The highest BCUT2D eigenvalue weighted by atomic mass is 32.1. The van der Waals surface area contributed by atoms with Crippen molar-refractivity contribution in [2.45, 2.75) is 57.5 Å². The maximum atomic E-state index is 11.9. The largest absolute Gasteiger partial charge is 0.380 e. The monoisotopic (exact) mass is 269 g/mol. The first kappa shape index (κ1) is 13.4. The van der Waals surface area contributed by atoms with Gasteiger partial charge in [0.05, 0.1) is 0 Å². The van der Waals surface area contributed by atoms with Crippen LogP contribution in [0.25, 0.3) is 0 Å². The van der Waals surface area contributed by atoms with Gasteiger partial charge < -0.3 is 5.11 Å². The average molecular weight is 269 g/mol. The molecular formula is C12H19N3O2S. The minimum Gasteiger partial charge on any atom is -0.380 e. The lowest BCUT2D eigenvalue weighted by molar-refractivity contribution is -0.133. The number of nitrogens with one attached hydrogen (secondary N) is 1. The molecular weight excluding hydrogens is 250 g/mol. The van der Waals surface area contributed by atoms with E-state index in [9.17, 15) is 9.90 Å². The van der Waals surface area contributed by atoms with E-state index in [1.54, 1.807) is 0 Å². The molecule has 6 heteroatoms. The zero-order valence-electron chi connectivity index (χ0n) is 10.6. The Balaban J connectivity index is 1.92. The van der Waals surface area contributed by atoms with Gasteiger partial charge in [-0.05, 0) is 32.1 Å². The highest BCUT2D eigenvalue weighted by molar-refractivity contribution is 7.15. The van der Waals surface area contributed by atoms with E-state index in [4.69, 9.17) is 0 Å². The smallest absolute Gasteiger partial charge is 0.258 e. The third-order valence-corrected chi connectivity index (χ3v) is 4.18. The van der Waals surface area contributed by atoms with Gasteiger partial charge in [0.15, 0.2) is 0 Å². The summed E-state index contributed by atoms with van der Waals surface area (Å²) in [4.78, 5) is 11.9. The molecule has 2 N–H and O–H groups in total. The molecule has 0 unspecified atom stereocenters. The molecule has 1 saturated carbocycles. The summed E-state index contributed by atoms with van der Waals surface area (Å²) in [5.41, 5.74) is -1.20. The molecule has 0 bridgehead atoms. The molecule has 0 spiro atoms. The van der Waals surface area contributed by atoms with Crippen LogP contribution >= 0.6 is 11.3 Å². The van der Waals surface area contributed by atoms with Crippen LogP contribution in [0, 0.1) is 0 Å². The number of aromatic nitrogens is 2. The van der Waals surface area contributed by atoms with E-state index in [2.05, 4.69) is 22.4 Å². The van der Waals surface area contributed by atoms with E-state index in [-0.39, 0.29) is 5.91 Å². The second-order valence-electron chi connectivity index (χ2n) is 4.80. The summed E-state index contributed by atoms with van der Waals surface area (Å²) in [6, 6.07) is 0. The highest BCUT2D eigenvalue weighted by Crippen LogP contribution is 2.31. The van der Waals surface area contributed by atoms with Crippen LogP contribution in [0.3, 0.4) is 0 Å². The number of hydrogen-bond acceptors (Lipinski definition) is 5. The fourth-order valence-electron chi connectivity index (χ4n) is 2.13. The quantitative estimate of drug-likeness (QED) is 0.858. The number of aliphatic hydroxyl groups is 1. The van der Waals surface area contributed by atoms with Crippen molar-refractivity contribution in [3.05, 3.63) is 5.01 Å². The minimum atomic E-state index is -1.20. The number of hydrogen-bond donors (Lipinski definition) is 2. The fraction of sp³-hybridized carbons (Fsp3) is 0.750. The zero-order valence-corrected chi connectivity index (χ0v) is 11.4. The normalized spacial score (nSPS) is 17.9. The molecule has 100 valence electrons. The number of nitrogens with zero attached hydrogens (tertiary/aromatic N) is 2. The first-order chi connectivity index (χ1) is 8.64. The maximum Gasteiger partial charge on any atom is 0.258 e. The van der Waals surface area contributed by atoms with E-state index in [0.29, 0.717) is 18.0 Å². The first-order valence-electron chi connectivity index (χ1n) is 6.50. The number of anilines is 1. The third kappa shape index (κ3) is 3.05. The summed E-state index contributed by atoms with van der Waals surface area (Å²) in [5, 5.41) is 22.2. The van der Waals surface area contributed by atoms with Gasteiger partial charge in [-0.1, -0.05) is 24.7 Å². The predicted molar refractivity (Wildman–Crippen MR) is 70.6 cm³/mol. The summed E-state index contributed by atoms with van der Waals surface area (Å²) >= 11 is 1.39. The lowest BCUT2D eigenvalue weighted by Gasteiger charge is -2.19. The second kappa shape index (κ2) is 5.75. The van der Waals surface area contributed by atoms with Crippen molar-refractivity contribution < 1.29 is 9.90 Å². The standard InChI is InChI=1S/C12H19N3O2S/c1-2-3-6-9-14-15-11(18-9)13-10(16)12(17)7-4-5-8-12/h17H,2-8H2,1H3,(H,13,15,16). The van der Waals surface area contributed by atoms with E-state index in [0.717, 1.165) is 37.1 Å². The molecule has 0 atom stereocenters. The molecule has 18 heavy (non-hydrogen) atoms. The van der Waals surface area contributed by atoms with Gasteiger partial charge in [0.1, 0.15) is 10.6 Å². The predicted octanol–water partition coefficient (Wildman–Crippen LogP) is 2.12. The van der Waals surface area contributed by atoms with Gasteiger partial charge in [0.2, 0.25) is 5.13 Å². The Morgan fingerprint density at radius 1 is 1.44 bits per heavy atom. The average Bonchev–Trinajstić information content (AvgIpc) is 2.97. The lowest BCUT2D eigenvalue weighted by Crippen LogP contribution is -2.40. The van der Waals surface area contributed by atoms with Crippen LogP contribution in [-0.4, -0.2) is 26.8 Å². The van der Waals surface area contributed by atoms with Gasteiger partial charge in [-0.2, -0.15) is 0 Å². The molecule has 1 fully saturated rings. The SMILES string of the molecule is CCCCc1nnc(NC(=O)C2(O)CCCC2)s1. The van der Waals surface area contributed by atoms with Crippen LogP contribution in [0.4, 0.5) is 5.13 Å². The van der Waals surface area contributed by atoms with Crippen LogP contribution < -0.4 is 5.32 Å². The Labute approximate surface area is 111 Å². The van der Waals surface area contributed by atoms with Crippen LogP contribution in [0.2, 0.25) is 0 Å². The first-order valence-corrected chi connectivity index (χ1v) is 7.32. The molecule has 1 heterocycles. The van der Waals surface area contributed by atoms with Crippen LogP contribution in [0.5, 0.6) is 0 Å². The second-order valence-corrected chi connectivity index (χ2v) is 5.86. The van der Waals surface area contributed by atoms with E-state index < -0.39 is 5.60 Å². The molecule has 0 aromatic carbocycles. The van der Waals surface area contributed by atoms with Crippen molar-refractivity contribution in [3.63, 3.8) is 0 Å². The highest BCUT2D eigenvalue weighted by Gasteiger charge is 2.39. The van der Waals surface area contributed by atoms with Gasteiger partial charge in [0, 0.05) is 6.42 Å². The van der Waals surface area contributed by atoms with Crippen molar-refractivity contribution in [2.24, 2.45) is 0 Å². The fourth-order valence-corrected chi connectivity index (χ4v) is 2.91. The van der Waals surface area contributed by atoms with Crippen molar-refractivity contribution >= 4 is 22.4 Å². The molecule has 0 aliphatic heterocycles. The van der Waals surface area contributed by atoms with Crippen molar-refractivity contribution in [3.8, 4) is 0 Å². The summed E-state index contributed by atoms with van der Waals surface area (Å²) in [7, 11) is 0. The molecule has 0 saturated heterocycles. The third-order valence-electron chi connectivity index (χ3n) is 3.28. The van der Waals surface area contributed by atoms with Crippen LogP contribution in [0.15, 0.2) is 0 Å². The Morgan fingerprint density at radius 3 is 2.83 bits per heavy atom. The Hall–Kier alpha value is -1.01. The molecule has 2 rings (SSSR count). The summed E-state index contributed by atoms with van der Waals surface area (Å²) in [6.07, 6.45) is 5.98. The summed E-state index contributed by atoms with van der Waals surface area (Å²) in [6.45, 7) is 2.12. The molecule has 1 aliphatic rings. The Morgan fingerprint density at radius 2 is 2.17 bits per heavy atom. The van der Waals surface area contributed by atoms with E-state index in [1.807, 2.05) is 0 Å². The Kier molecular flexibility index (Phi) is 4.29. The topological polar surface area (TPSA) is 75.1 Å². The number of unbranched alkanes of at least 4 members (excludes halogenated alkanes) is 1. The Bertz CT molecular complexity index is 413. The van der Waals surface area contributed by atoms with Gasteiger partial charge in [-0.3, -0.25) is 10.1 Å². The minimum absolute atomic E-state index is 0.335. The summed E-state index contributed by atoms with van der Waals surface area (Å²) in [5.74, 6) is -0.335. The molecule has 1 aliphatic carbocycles. The lowest BCUT2D eigenvalue weighted by atomic mass is 10.0. The summed E-state index contributed by atoms with van der Waals surface area (Å²) < 4.78 is 0. The van der Waals surface area contributed by atoms with Crippen molar-refractivity contribution in [2.75, 3.05) is 5.32 Å². The van der Waals surface area contributed by atoms with E-state index in [1.165, 1.54) is 11.3 Å². The molecule has 1 aromatic heterocycles. The molecule has 0 radical (unpaired) electrons. The van der Waals surface area contributed by atoms with Crippen molar-refractivity contribution in [1.29, 1.82) is 0 Å². The van der Waals surface area contributed by atoms with Gasteiger partial charge >= 0.3 is 0 Å². The number of rotatable bonds is 5. The number of aryl methyl sites for hydroxylation is 1. The zero-order chi connectivity index (χ0) is 13.0. The number of carbonyl (C=O) groups excluding carboxylic acids is 1. The van der Waals surface area contributed by atoms with Crippen LogP contribution in [0.1, 0.15) is 50.5 Å². The molecule has 5 nitrogen and oxygen atoms in total. The number of amides is 1. The van der Waals surface area contributed by atoms with Gasteiger partial charge in [-0.25, -0.2) is 0 Å².